The lowest BCUT2D eigenvalue weighted by atomic mass is 9.82. The molecule has 0 unspecified atom stereocenters. The largest absolute Gasteiger partial charge is 0.381 e. The van der Waals surface area contributed by atoms with E-state index >= 15 is 0 Å². The summed E-state index contributed by atoms with van der Waals surface area (Å²) in [6.07, 6.45) is 4.33. The Labute approximate surface area is 104 Å². The van der Waals surface area contributed by atoms with Gasteiger partial charge in [0.05, 0.1) is 6.54 Å². The zero-order chi connectivity index (χ0) is 12.6. The first-order chi connectivity index (χ1) is 8.16. The molecule has 1 rings (SSSR count). The molecule has 1 heterocycles. The number of hydrogen-bond donors (Lipinski definition) is 2. The van der Waals surface area contributed by atoms with Crippen LogP contribution in [0.2, 0.25) is 0 Å². The summed E-state index contributed by atoms with van der Waals surface area (Å²) in [5.41, 5.74) is 0.294. The van der Waals surface area contributed by atoms with Crippen molar-refractivity contribution in [3.8, 4) is 0 Å². The average molecular weight is 242 g/mol. The Morgan fingerprint density at radius 1 is 1.35 bits per heavy atom. The average Bonchev–Trinajstić information content (AvgIpc) is 2.30. The topological polar surface area (TPSA) is 50.4 Å². The first kappa shape index (κ1) is 14.5. The molecule has 2 N–H and O–H groups in total. The Morgan fingerprint density at radius 3 is 2.71 bits per heavy atom. The van der Waals surface area contributed by atoms with E-state index in [-0.39, 0.29) is 5.91 Å². The molecule has 1 amide bonds. The molecule has 0 aromatic carbocycles. The molecule has 1 aliphatic heterocycles. The number of carbonyl (C=O) groups is 1. The van der Waals surface area contributed by atoms with Gasteiger partial charge < -0.3 is 15.4 Å². The van der Waals surface area contributed by atoms with Crippen LogP contribution in [0.3, 0.4) is 0 Å². The summed E-state index contributed by atoms with van der Waals surface area (Å²) in [6.45, 7) is 8.20. The van der Waals surface area contributed by atoms with Crippen molar-refractivity contribution in [1.29, 1.82) is 0 Å². The van der Waals surface area contributed by atoms with Crippen LogP contribution in [0.4, 0.5) is 0 Å². The van der Waals surface area contributed by atoms with E-state index in [0.717, 1.165) is 52.0 Å². The van der Waals surface area contributed by atoms with Gasteiger partial charge in [0.1, 0.15) is 0 Å². The second-order valence-electron chi connectivity index (χ2n) is 5.23. The van der Waals surface area contributed by atoms with Crippen LogP contribution in [0.5, 0.6) is 0 Å². The first-order valence-electron chi connectivity index (χ1n) is 6.71. The molecule has 0 saturated carbocycles. The van der Waals surface area contributed by atoms with E-state index in [4.69, 9.17) is 4.74 Å². The standard InChI is InChI=1S/C13H26N2O2/c1-3-4-7-15-12(16)10-14-11-13(2)5-8-17-9-6-13/h14H,3-11H2,1-2H3,(H,15,16). The number of ether oxygens (including phenoxy) is 1. The monoisotopic (exact) mass is 242 g/mol. The van der Waals surface area contributed by atoms with Crippen LogP contribution in [-0.4, -0.2) is 38.8 Å². The van der Waals surface area contributed by atoms with Gasteiger partial charge >= 0.3 is 0 Å². The molecule has 0 spiro atoms. The number of hydrogen-bond acceptors (Lipinski definition) is 3. The highest BCUT2D eigenvalue weighted by molar-refractivity contribution is 5.77. The van der Waals surface area contributed by atoms with Gasteiger partial charge in [0.2, 0.25) is 5.91 Å². The highest BCUT2D eigenvalue weighted by Gasteiger charge is 2.26. The first-order valence-corrected chi connectivity index (χ1v) is 6.71. The lowest BCUT2D eigenvalue weighted by Gasteiger charge is -2.33. The molecule has 4 heteroatoms. The van der Waals surface area contributed by atoms with Crippen molar-refractivity contribution in [2.75, 3.05) is 32.8 Å². The predicted octanol–water partition coefficient (Wildman–Crippen LogP) is 1.31. The Hall–Kier alpha value is -0.610. The molecule has 1 saturated heterocycles. The maximum absolute atomic E-state index is 11.5. The molecule has 0 aromatic rings. The van der Waals surface area contributed by atoms with Gasteiger partial charge in [-0.15, -0.1) is 0 Å². The third-order valence-electron chi connectivity index (χ3n) is 3.39. The molecular formula is C13H26N2O2. The summed E-state index contributed by atoms with van der Waals surface area (Å²) in [5, 5.41) is 6.16. The van der Waals surface area contributed by atoms with Crippen molar-refractivity contribution in [1.82, 2.24) is 10.6 Å². The SMILES string of the molecule is CCCCNC(=O)CNCC1(C)CCOCC1. The molecular weight excluding hydrogens is 216 g/mol. The van der Waals surface area contributed by atoms with Crippen LogP contribution in [0.25, 0.3) is 0 Å². The van der Waals surface area contributed by atoms with Gasteiger partial charge in [0, 0.05) is 26.3 Å². The normalized spacial score (nSPS) is 18.9. The van der Waals surface area contributed by atoms with Crippen LogP contribution in [0.1, 0.15) is 39.5 Å². The lowest BCUT2D eigenvalue weighted by Crippen LogP contribution is -2.41. The van der Waals surface area contributed by atoms with Crippen molar-refractivity contribution < 1.29 is 9.53 Å². The highest BCUT2D eigenvalue weighted by Crippen LogP contribution is 2.28. The fourth-order valence-corrected chi connectivity index (χ4v) is 1.99. The summed E-state index contributed by atoms with van der Waals surface area (Å²) in [5.74, 6) is 0.106. The van der Waals surface area contributed by atoms with Gasteiger partial charge in [0.15, 0.2) is 0 Å². The van der Waals surface area contributed by atoms with Gasteiger partial charge in [-0.25, -0.2) is 0 Å². The number of rotatable bonds is 7. The van der Waals surface area contributed by atoms with Crippen molar-refractivity contribution >= 4 is 5.91 Å². The van der Waals surface area contributed by atoms with E-state index in [1.165, 1.54) is 0 Å². The molecule has 0 bridgehead atoms. The van der Waals surface area contributed by atoms with Gasteiger partial charge in [-0.2, -0.15) is 0 Å². The summed E-state index contributed by atoms with van der Waals surface area (Å²) >= 11 is 0. The number of amides is 1. The van der Waals surface area contributed by atoms with Gasteiger partial charge in [-0.05, 0) is 24.7 Å². The maximum atomic E-state index is 11.5. The third-order valence-corrected chi connectivity index (χ3v) is 3.39. The molecule has 1 aliphatic rings. The third kappa shape index (κ3) is 6.03. The van der Waals surface area contributed by atoms with Crippen LogP contribution in [0, 0.1) is 5.41 Å². The predicted molar refractivity (Wildman–Crippen MR) is 68.9 cm³/mol. The molecule has 0 atom stereocenters. The van der Waals surface area contributed by atoms with E-state index in [1.54, 1.807) is 0 Å². The second-order valence-corrected chi connectivity index (χ2v) is 5.23. The quantitative estimate of drug-likeness (QED) is 0.662. The maximum Gasteiger partial charge on any atom is 0.233 e. The lowest BCUT2D eigenvalue weighted by molar-refractivity contribution is -0.120. The fourth-order valence-electron chi connectivity index (χ4n) is 1.99. The van der Waals surface area contributed by atoms with Gasteiger partial charge in [0.25, 0.3) is 0 Å². The molecule has 0 radical (unpaired) electrons. The van der Waals surface area contributed by atoms with Crippen LogP contribution >= 0.6 is 0 Å². The summed E-state index contributed by atoms with van der Waals surface area (Å²) in [6, 6.07) is 0. The minimum Gasteiger partial charge on any atom is -0.381 e. The molecule has 0 aliphatic carbocycles. The zero-order valence-corrected chi connectivity index (χ0v) is 11.2. The van der Waals surface area contributed by atoms with Crippen LogP contribution in [0.15, 0.2) is 0 Å². The molecule has 4 nitrogen and oxygen atoms in total. The summed E-state index contributed by atoms with van der Waals surface area (Å²) < 4.78 is 5.35. The highest BCUT2D eigenvalue weighted by atomic mass is 16.5. The zero-order valence-electron chi connectivity index (χ0n) is 11.2. The Balaban J connectivity index is 2.07. The van der Waals surface area contributed by atoms with Crippen molar-refractivity contribution in [2.24, 2.45) is 5.41 Å². The smallest absolute Gasteiger partial charge is 0.233 e. The molecule has 100 valence electrons. The van der Waals surface area contributed by atoms with E-state index in [2.05, 4.69) is 24.5 Å². The number of carbonyl (C=O) groups excluding carboxylic acids is 1. The molecule has 0 aromatic heterocycles. The summed E-state index contributed by atoms with van der Waals surface area (Å²) in [4.78, 5) is 11.5. The Bertz CT molecular complexity index is 225. The fraction of sp³-hybridized carbons (Fsp3) is 0.923. The van der Waals surface area contributed by atoms with E-state index in [0.29, 0.717) is 12.0 Å². The molecule has 1 fully saturated rings. The van der Waals surface area contributed by atoms with Crippen molar-refractivity contribution in [3.05, 3.63) is 0 Å². The molecule has 17 heavy (non-hydrogen) atoms. The number of unbranched alkanes of at least 4 members (excludes halogenated alkanes) is 1. The van der Waals surface area contributed by atoms with Crippen LogP contribution in [-0.2, 0) is 9.53 Å². The van der Waals surface area contributed by atoms with E-state index < -0.39 is 0 Å². The number of nitrogens with one attached hydrogen (secondary N) is 2. The summed E-state index contributed by atoms with van der Waals surface area (Å²) in [7, 11) is 0. The second kappa shape index (κ2) is 7.67. The van der Waals surface area contributed by atoms with E-state index in [9.17, 15) is 4.79 Å². The van der Waals surface area contributed by atoms with E-state index in [1.807, 2.05) is 0 Å². The van der Waals surface area contributed by atoms with Gasteiger partial charge in [-0.3, -0.25) is 4.79 Å². The van der Waals surface area contributed by atoms with Crippen LogP contribution < -0.4 is 10.6 Å². The van der Waals surface area contributed by atoms with Gasteiger partial charge in [-0.1, -0.05) is 20.3 Å². The van der Waals surface area contributed by atoms with Crippen molar-refractivity contribution in [3.63, 3.8) is 0 Å². The minimum atomic E-state index is 0.106. The minimum absolute atomic E-state index is 0.106. The Kier molecular flexibility index (Phi) is 6.52. The van der Waals surface area contributed by atoms with Crippen molar-refractivity contribution in [2.45, 2.75) is 39.5 Å². The Morgan fingerprint density at radius 2 is 2.06 bits per heavy atom.